The van der Waals surface area contributed by atoms with Crippen LogP contribution < -0.4 is 5.32 Å². The third kappa shape index (κ3) is 0.855. The average molecular weight is 210 g/mol. The molecule has 2 heterocycles. The van der Waals surface area contributed by atoms with Crippen molar-refractivity contribution >= 4 is 0 Å². The molecule has 1 spiro atoms. The van der Waals surface area contributed by atoms with Gasteiger partial charge >= 0.3 is 0 Å². The molecule has 0 amide bonds. The molecule has 86 valence electrons. The largest absolute Gasteiger partial charge is 0.396 e. The Morgan fingerprint density at radius 3 is 2.73 bits per heavy atom. The molecule has 3 heteroatoms. The molecule has 0 aromatic carbocycles. The van der Waals surface area contributed by atoms with Crippen LogP contribution in [0.2, 0.25) is 0 Å². The fraction of sp³-hybridized carbons (Fsp3) is 1.00. The minimum absolute atomic E-state index is 0.340. The number of likely N-dealkylation sites (tertiary alicyclic amines) is 1. The maximum absolute atomic E-state index is 9.60. The van der Waals surface area contributed by atoms with Gasteiger partial charge in [0.15, 0.2) is 0 Å². The van der Waals surface area contributed by atoms with Gasteiger partial charge in [-0.3, -0.25) is 0 Å². The van der Waals surface area contributed by atoms with Gasteiger partial charge in [0.1, 0.15) is 0 Å². The van der Waals surface area contributed by atoms with Crippen LogP contribution in [0, 0.1) is 22.2 Å². The van der Waals surface area contributed by atoms with Crippen molar-refractivity contribution in [2.45, 2.75) is 13.8 Å². The van der Waals surface area contributed by atoms with Gasteiger partial charge in [-0.15, -0.1) is 0 Å². The van der Waals surface area contributed by atoms with Crippen molar-refractivity contribution in [3.05, 3.63) is 0 Å². The van der Waals surface area contributed by atoms with Crippen LogP contribution in [0.25, 0.3) is 0 Å². The number of rotatable bonds is 1. The second-order valence-corrected chi connectivity index (χ2v) is 6.46. The molecule has 0 radical (unpaired) electrons. The van der Waals surface area contributed by atoms with Gasteiger partial charge in [0.25, 0.3) is 0 Å². The van der Waals surface area contributed by atoms with Gasteiger partial charge < -0.3 is 15.3 Å². The molecule has 15 heavy (non-hydrogen) atoms. The first kappa shape index (κ1) is 10.1. The fourth-order valence-corrected chi connectivity index (χ4v) is 5.22. The molecule has 3 rings (SSSR count). The number of aliphatic hydroxyl groups excluding tert-OH is 1. The molecule has 1 aliphatic carbocycles. The van der Waals surface area contributed by atoms with E-state index in [0.29, 0.717) is 28.8 Å². The highest BCUT2D eigenvalue weighted by molar-refractivity contribution is 5.31. The standard InChI is InChI=1S/C12H22N2O/c1-10-5-13-6-12(10)9(4-15)11(12,2)8-14(3)7-10/h9,13,15H,4-8H2,1-3H3. The Bertz CT molecular complexity index is 308. The molecule has 2 saturated heterocycles. The van der Waals surface area contributed by atoms with Crippen LogP contribution in [0.5, 0.6) is 0 Å². The normalized spacial score (nSPS) is 58.8. The van der Waals surface area contributed by atoms with Crippen LogP contribution in [-0.2, 0) is 0 Å². The molecule has 2 aliphatic heterocycles. The summed E-state index contributed by atoms with van der Waals surface area (Å²) in [6.45, 7) is 9.68. The lowest BCUT2D eigenvalue weighted by atomic mass is 9.69. The summed E-state index contributed by atoms with van der Waals surface area (Å²) < 4.78 is 0. The smallest absolute Gasteiger partial charge is 0.0471 e. The maximum atomic E-state index is 9.60. The topological polar surface area (TPSA) is 35.5 Å². The summed E-state index contributed by atoms with van der Waals surface area (Å²) in [6.07, 6.45) is 0. The zero-order valence-electron chi connectivity index (χ0n) is 10.0. The zero-order chi connectivity index (χ0) is 10.9. The second-order valence-electron chi connectivity index (χ2n) is 6.46. The molecule has 4 atom stereocenters. The monoisotopic (exact) mass is 210 g/mol. The summed E-state index contributed by atoms with van der Waals surface area (Å²) in [5, 5.41) is 13.2. The van der Waals surface area contributed by atoms with E-state index in [4.69, 9.17) is 0 Å². The average Bonchev–Trinajstić information content (AvgIpc) is 2.44. The van der Waals surface area contributed by atoms with Gasteiger partial charge in [-0.05, 0) is 18.4 Å². The van der Waals surface area contributed by atoms with Crippen LogP contribution in [0.1, 0.15) is 13.8 Å². The lowest BCUT2D eigenvalue weighted by Crippen LogP contribution is -2.49. The van der Waals surface area contributed by atoms with Crippen LogP contribution in [0.3, 0.4) is 0 Å². The van der Waals surface area contributed by atoms with Crippen LogP contribution in [0.4, 0.5) is 0 Å². The number of hydrogen-bond donors (Lipinski definition) is 2. The molecule has 0 aromatic heterocycles. The number of aliphatic hydroxyl groups is 1. The van der Waals surface area contributed by atoms with Gasteiger partial charge in [0.2, 0.25) is 0 Å². The first-order valence-corrected chi connectivity index (χ1v) is 6.00. The highest BCUT2D eigenvalue weighted by atomic mass is 16.3. The third-order valence-electron chi connectivity index (χ3n) is 5.70. The predicted molar refractivity (Wildman–Crippen MR) is 59.6 cm³/mol. The van der Waals surface area contributed by atoms with E-state index >= 15 is 0 Å². The van der Waals surface area contributed by atoms with Gasteiger partial charge in [-0.25, -0.2) is 0 Å². The van der Waals surface area contributed by atoms with Gasteiger partial charge in [-0.2, -0.15) is 0 Å². The third-order valence-corrected chi connectivity index (χ3v) is 5.70. The van der Waals surface area contributed by atoms with E-state index in [-0.39, 0.29) is 0 Å². The molecule has 3 fully saturated rings. The van der Waals surface area contributed by atoms with Gasteiger partial charge in [0, 0.05) is 43.6 Å². The number of nitrogens with one attached hydrogen (secondary N) is 1. The Hall–Kier alpha value is -0.120. The van der Waals surface area contributed by atoms with Crippen LogP contribution in [-0.4, -0.2) is 49.8 Å². The Kier molecular flexibility index (Phi) is 1.73. The summed E-state index contributed by atoms with van der Waals surface area (Å²) in [6, 6.07) is 0. The van der Waals surface area contributed by atoms with Crippen molar-refractivity contribution in [2.75, 3.05) is 39.8 Å². The van der Waals surface area contributed by atoms with Crippen molar-refractivity contribution < 1.29 is 5.11 Å². The summed E-state index contributed by atoms with van der Waals surface area (Å²) in [4.78, 5) is 2.45. The maximum Gasteiger partial charge on any atom is 0.0471 e. The number of hydrogen-bond acceptors (Lipinski definition) is 3. The highest BCUT2D eigenvalue weighted by Gasteiger charge is 2.82. The summed E-state index contributed by atoms with van der Waals surface area (Å²) in [5.41, 5.74) is 1.08. The molecule has 3 nitrogen and oxygen atoms in total. The van der Waals surface area contributed by atoms with E-state index < -0.39 is 0 Å². The molecular formula is C12H22N2O. The highest BCUT2D eigenvalue weighted by Crippen LogP contribution is 2.78. The van der Waals surface area contributed by atoms with E-state index in [1.807, 2.05) is 0 Å². The molecule has 2 N–H and O–H groups in total. The molecule has 4 unspecified atom stereocenters. The summed E-state index contributed by atoms with van der Waals surface area (Å²) in [7, 11) is 2.21. The molecule has 3 aliphatic rings. The minimum atomic E-state index is 0.340. The van der Waals surface area contributed by atoms with E-state index in [0.717, 1.165) is 19.6 Å². The lowest BCUT2D eigenvalue weighted by Gasteiger charge is -2.43. The van der Waals surface area contributed by atoms with E-state index in [9.17, 15) is 5.11 Å². The van der Waals surface area contributed by atoms with Crippen LogP contribution in [0.15, 0.2) is 0 Å². The summed E-state index contributed by atoms with van der Waals surface area (Å²) in [5.74, 6) is 0.509. The van der Waals surface area contributed by atoms with E-state index in [1.54, 1.807) is 0 Å². The SMILES string of the molecule is CN1CC2(C)CNCC23C(CO)C3(C)C1. The first-order chi connectivity index (χ1) is 7.00. The van der Waals surface area contributed by atoms with Gasteiger partial charge in [-0.1, -0.05) is 13.8 Å². The Labute approximate surface area is 91.8 Å². The minimum Gasteiger partial charge on any atom is -0.396 e. The van der Waals surface area contributed by atoms with E-state index in [1.165, 1.54) is 6.54 Å². The van der Waals surface area contributed by atoms with Crippen molar-refractivity contribution in [3.8, 4) is 0 Å². The first-order valence-electron chi connectivity index (χ1n) is 6.00. The van der Waals surface area contributed by atoms with E-state index in [2.05, 4.69) is 31.1 Å². The van der Waals surface area contributed by atoms with Crippen molar-refractivity contribution in [1.82, 2.24) is 10.2 Å². The van der Waals surface area contributed by atoms with Crippen molar-refractivity contribution in [1.29, 1.82) is 0 Å². The van der Waals surface area contributed by atoms with Crippen LogP contribution >= 0.6 is 0 Å². The van der Waals surface area contributed by atoms with Crippen molar-refractivity contribution in [3.63, 3.8) is 0 Å². The number of nitrogens with zero attached hydrogens (tertiary/aromatic N) is 1. The molecule has 0 aromatic rings. The fourth-order valence-electron chi connectivity index (χ4n) is 5.22. The predicted octanol–water partition coefficient (Wildman–Crippen LogP) is 0.156. The molecular weight excluding hydrogens is 188 g/mol. The lowest BCUT2D eigenvalue weighted by molar-refractivity contribution is 0.0482. The zero-order valence-corrected chi connectivity index (χ0v) is 10.0. The van der Waals surface area contributed by atoms with Gasteiger partial charge in [0.05, 0.1) is 0 Å². The summed E-state index contributed by atoms with van der Waals surface area (Å²) >= 11 is 0. The Morgan fingerprint density at radius 2 is 2.07 bits per heavy atom. The Balaban J connectivity index is 2.04. The number of piperidine rings is 1. The second kappa shape index (κ2) is 2.58. The van der Waals surface area contributed by atoms with Crippen molar-refractivity contribution in [2.24, 2.45) is 22.2 Å². The molecule has 1 saturated carbocycles. The Morgan fingerprint density at radius 1 is 1.33 bits per heavy atom. The quantitative estimate of drug-likeness (QED) is 0.647. The molecule has 0 bridgehead atoms.